The van der Waals surface area contributed by atoms with Gasteiger partial charge in [0.15, 0.2) is 0 Å². The van der Waals surface area contributed by atoms with Crippen molar-refractivity contribution in [3.63, 3.8) is 0 Å². The first kappa shape index (κ1) is 14.2. The summed E-state index contributed by atoms with van der Waals surface area (Å²) in [5.41, 5.74) is 6.78. The van der Waals surface area contributed by atoms with Crippen molar-refractivity contribution in [2.24, 2.45) is 0 Å². The van der Waals surface area contributed by atoms with Crippen LogP contribution in [0, 0.1) is 0 Å². The van der Waals surface area contributed by atoms with E-state index in [0.29, 0.717) is 16.6 Å². The Labute approximate surface area is 128 Å². The molecular formula is C16H20N2O2S. The molecule has 1 saturated carbocycles. The number of amides is 1. The number of ether oxygens (including phenoxy) is 1. The van der Waals surface area contributed by atoms with Crippen LogP contribution in [0.15, 0.2) is 18.2 Å². The van der Waals surface area contributed by atoms with Crippen LogP contribution >= 0.6 is 11.3 Å². The lowest BCUT2D eigenvalue weighted by atomic mass is 10.1. The Morgan fingerprint density at radius 3 is 2.76 bits per heavy atom. The molecule has 21 heavy (non-hydrogen) atoms. The SMILES string of the molecule is COc1cccc2sc(C(=O)N(C)C3CCCC3)c(N)c12. The summed E-state index contributed by atoms with van der Waals surface area (Å²) in [5, 5.41) is 0.855. The predicted molar refractivity (Wildman–Crippen MR) is 87.1 cm³/mol. The Kier molecular flexibility index (Phi) is 3.76. The maximum absolute atomic E-state index is 12.7. The minimum Gasteiger partial charge on any atom is -0.496 e. The van der Waals surface area contributed by atoms with Gasteiger partial charge in [-0.1, -0.05) is 18.9 Å². The molecule has 0 aliphatic heterocycles. The zero-order chi connectivity index (χ0) is 15.0. The Morgan fingerprint density at radius 2 is 2.10 bits per heavy atom. The van der Waals surface area contributed by atoms with E-state index in [9.17, 15) is 4.79 Å². The molecule has 0 saturated heterocycles. The van der Waals surface area contributed by atoms with Gasteiger partial charge in [0.2, 0.25) is 0 Å². The van der Waals surface area contributed by atoms with Crippen molar-refractivity contribution in [2.75, 3.05) is 19.9 Å². The molecule has 1 aromatic heterocycles. The van der Waals surface area contributed by atoms with E-state index >= 15 is 0 Å². The zero-order valence-electron chi connectivity index (χ0n) is 12.4. The van der Waals surface area contributed by atoms with Gasteiger partial charge in [-0.05, 0) is 25.0 Å². The summed E-state index contributed by atoms with van der Waals surface area (Å²) in [6.07, 6.45) is 4.60. The standard InChI is InChI=1S/C16H20N2O2S/c1-18(10-6-3-4-7-10)16(19)15-14(17)13-11(20-2)8-5-9-12(13)21-15/h5,8-10H,3-4,6-7,17H2,1-2H3. The lowest BCUT2D eigenvalue weighted by Gasteiger charge is -2.23. The number of rotatable bonds is 3. The van der Waals surface area contributed by atoms with Crippen molar-refractivity contribution >= 4 is 33.0 Å². The molecule has 5 heteroatoms. The molecule has 0 unspecified atom stereocenters. The second-order valence-electron chi connectivity index (χ2n) is 5.53. The third kappa shape index (κ3) is 2.35. The number of hydrogen-bond acceptors (Lipinski definition) is 4. The Hall–Kier alpha value is -1.75. The summed E-state index contributed by atoms with van der Waals surface area (Å²) < 4.78 is 6.36. The number of methoxy groups -OCH3 is 1. The van der Waals surface area contributed by atoms with Crippen LogP contribution < -0.4 is 10.5 Å². The van der Waals surface area contributed by atoms with Gasteiger partial charge in [0.25, 0.3) is 5.91 Å². The van der Waals surface area contributed by atoms with Crippen LogP contribution in [0.1, 0.15) is 35.4 Å². The molecule has 1 amide bonds. The van der Waals surface area contributed by atoms with Crippen molar-refractivity contribution in [3.8, 4) is 5.75 Å². The van der Waals surface area contributed by atoms with Crippen LogP contribution in [0.4, 0.5) is 5.69 Å². The van der Waals surface area contributed by atoms with Crippen LogP contribution in [0.25, 0.3) is 10.1 Å². The minimum atomic E-state index is 0.0302. The van der Waals surface area contributed by atoms with E-state index in [2.05, 4.69) is 0 Å². The number of carbonyl (C=O) groups excluding carboxylic acids is 1. The first-order valence-electron chi connectivity index (χ1n) is 7.25. The molecule has 2 N–H and O–H groups in total. The van der Waals surface area contributed by atoms with Gasteiger partial charge >= 0.3 is 0 Å². The molecule has 1 aromatic carbocycles. The van der Waals surface area contributed by atoms with Gasteiger partial charge in [-0.2, -0.15) is 0 Å². The summed E-state index contributed by atoms with van der Waals surface area (Å²) in [7, 11) is 3.51. The number of carbonyl (C=O) groups is 1. The lowest BCUT2D eigenvalue weighted by molar-refractivity contribution is 0.0741. The van der Waals surface area contributed by atoms with Crippen molar-refractivity contribution < 1.29 is 9.53 Å². The molecule has 1 heterocycles. The van der Waals surface area contributed by atoms with Gasteiger partial charge in [0.1, 0.15) is 10.6 Å². The van der Waals surface area contributed by atoms with Crippen molar-refractivity contribution in [2.45, 2.75) is 31.7 Å². The van der Waals surface area contributed by atoms with E-state index in [4.69, 9.17) is 10.5 Å². The largest absolute Gasteiger partial charge is 0.496 e. The summed E-state index contributed by atoms with van der Waals surface area (Å²) in [5.74, 6) is 0.756. The van der Waals surface area contributed by atoms with Gasteiger partial charge < -0.3 is 15.4 Å². The van der Waals surface area contributed by atoms with Crippen molar-refractivity contribution in [1.29, 1.82) is 0 Å². The van der Waals surface area contributed by atoms with Gasteiger partial charge in [-0.15, -0.1) is 11.3 Å². The summed E-state index contributed by atoms with van der Waals surface area (Å²) in [6, 6.07) is 6.13. The van der Waals surface area contributed by atoms with Gasteiger partial charge in [-0.3, -0.25) is 4.79 Å². The van der Waals surface area contributed by atoms with E-state index in [-0.39, 0.29) is 5.91 Å². The zero-order valence-corrected chi connectivity index (χ0v) is 13.2. The van der Waals surface area contributed by atoms with Gasteiger partial charge in [0, 0.05) is 17.8 Å². The fourth-order valence-corrected chi connectivity index (χ4v) is 4.21. The molecule has 1 fully saturated rings. The second kappa shape index (κ2) is 5.56. The van der Waals surface area contributed by atoms with Crippen LogP contribution in [0.5, 0.6) is 5.75 Å². The smallest absolute Gasteiger partial charge is 0.266 e. The predicted octanol–water partition coefficient (Wildman–Crippen LogP) is 3.51. The first-order valence-corrected chi connectivity index (χ1v) is 8.07. The van der Waals surface area contributed by atoms with Crippen LogP contribution in [0.2, 0.25) is 0 Å². The van der Waals surface area contributed by atoms with Crippen LogP contribution in [-0.4, -0.2) is 31.0 Å². The van der Waals surface area contributed by atoms with Crippen molar-refractivity contribution in [3.05, 3.63) is 23.1 Å². The van der Waals surface area contributed by atoms with E-state index in [1.54, 1.807) is 7.11 Å². The highest BCUT2D eigenvalue weighted by Crippen LogP contribution is 2.40. The number of nitrogens with zero attached hydrogens (tertiary/aromatic N) is 1. The highest BCUT2D eigenvalue weighted by Gasteiger charge is 2.27. The summed E-state index contributed by atoms with van der Waals surface area (Å²) in [6.45, 7) is 0. The Balaban J connectivity index is 2.00. The molecule has 0 spiro atoms. The third-order valence-corrected chi connectivity index (χ3v) is 5.48. The van der Waals surface area contributed by atoms with Gasteiger partial charge in [0.05, 0.1) is 18.2 Å². The molecule has 1 aliphatic rings. The number of anilines is 1. The minimum absolute atomic E-state index is 0.0302. The molecular weight excluding hydrogens is 284 g/mol. The number of fused-ring (bicyclic) bond motifs is 1. The second-order valence-corrected chi connectivity index (χ2v) is 6.58. The van der Waals surface area contributed by atoms with Gasteiger partial charge in [-0.25, -0.2) is 0 Å². The Morgan fingerprint density at radius 1 is 1.38 bits per heavy atom. The van der Waals surface area contributed by atoms with Crippen molar-refractivity contribution in [1.82, 2.24) is 4.90 Å². The van der Waals surface area contributed by atoms with E-state index in [1.807, 2.05) is 30.1 Å². The maximum atomic E-state index is 12.7. The number of nitrogen functional groups attached to an aromatic ring is 1. The number of thiophene rings is 1. The lowest BCUT2D eigenvalue weighted by Crippen LogP contribution is -2.35. The normalized spacial score (nSPS) is 15.5. The van der Waals surface area contributed by atoms with E-state index in [1.165, 1.54) is 24.2 Å². The fraction of sp³-hybridized carbons (Fsp3) is 0.438. The maximum Gasteiger partial charge on any atom is 0.266 e. The molecule has 1 aliphatic carbocycles. The molecule has 112 valence electrons. The third-order valence-electron chi connectivity index (χ3n) is 4.32. The average molecular weight is 304 g/mol. The number of nitrogens with two attached hydrogens (primary N) is 1. The van der Waals surface area contributed by atoms with Crippen LogP contribution in [-0.2, 0) is 0 Å². The highest BCUT2D eigenvalue weighted by atomic mass is 32.1. The molecule has 0 radical (unpaired) electrons. The fourth-order valence-electron chi connectivity index (χ4n) is 3.09. The molecule has 4 nitrogen and oxygen atoms in total. The Bertz CT molecular complexity index is 674. The summed E-state index contributed by atoms with van der Waals surface area (Å²) in [4.78, 5) is 15.2. The van der Waals surface area contributed by atoms with Crippen LogP contribution in [0.3, 0.4) is 0 Å². The topological polar surface area (TPSA) is 55.6 Å². The molecule has 0 bridgehead atoms. The quantitative estimate of drug-likeness (QED) is 0.944. The molecule has 0 atom stereocenters. The highest BCUT2D eigenvalue weighted by molar-refractivity contribution is 7.21. The molecule has 2 aromatic rings. The van der Waals surface area contributed by atoms with E-state index in [0.717, 1.165) is 28.7 Å². The summed E-state index contributed by atoms with van der Waals surface area (Å²) >= 11 is 1.45. The monoisotopic (exact) mass is 304 g/mol. The number of benzene rings is 1. The first-order chi connectivity index (χ1) is 10.1. The molecule has 3 rings (SSSR count). The number of hydrogen-bond donors (Lipinski definition) is 1. The average Bonchev–Trinajstić information content (AvgIpc) is 3.14. The van der Waals surface area contributed by atoms with E-state index < -0.39 is 0 Å².